The Balaban J connectivity index is 1.49. The van der Waals surface area contributed by atoms with Crippen molar-refractivity contribution in [2.24, 2.45) is 0 Å². The first-order valence-electron chi connectivity index (χ1n) is 10.7. The van der Waals surface area contributed by atoms with Crippen LogP contribution in [0.1, 0.15) is 39.5 Å². The monoisotopic (exact) mass is 466 g/mol. The van der Waals surface area contributed by atoms with Gasteiger partial charge in [-0.15, -0.1) is 0 Å². The van der Waals surface area contributed by atoms with Gasteiger partial charge in [-0.1, -0.05) is 42.5 Å². The van der Waals surface area contributed by atoms with E-state index in [9.17, 15) is 13.2 Å². The van der Waals surface area contributed by atoms with Crippen molar-refractivity contribution in [2.45, 2.75) is 24.0 Å². The number of hydrogen-bond donors (Lipinski definition) is 2. The van der Waals surface area contributed by atoms with Gasteiger partial charge < -0.3 is 14.8 Å². The van der Waals surface area contributed by atoms with E-state index in [0.29, 0.717) is 37.4 Å². The summed E-state index contributed by atoms with van der Waals surface area (Å²) >= 11 is 0. The first-order chi connectivity index (χ1) is 16.0. The maximum absolute atomic E-state index is 12.4. The number of carbonyl (C=O) groups is 1. The Hall–Kier alpha value is -3.20. The second-order valence-corrected chi connectivity index (χ2v) is 9.45. The first kappa shape index (κ1) is 23.0. The lowest BCUT2D eigenvalue weighted by molar-refractivity contribution is 0.0600. The molecule has 1 unspecified atom stereocenters. The lowest BCUT2D eigenvalue weighted by Crippen LogP contribution is -2.29. The first-order valence-corrected chi connectivity index (χ1v) is 12.2. The van der Waals surface area contributed by atoms with Crippen LogP contribution in [0.25, 0.3) is 0 Å². The zero-order chi connectivity index (χ0) is 23.3. The molecule has 0 amide bonds. The van der Waals surface area contributed by atoms with Crippen molar-refractivity contribution in [2.75, 3.05) is 20.2 Å². The van der Waals surface area contributed by atoms with Crippen LogP contribution < -0.4 is 14.8 Å². The topological polar surface area (TPSA) is 93.7 Å². The van der Waals surface area contributed by atoms with Gasteiger partial charge in [-0.2, -0.15) is 0 Å². The van der Waals surface area contributed by atoms with E-state index in [0.717, 1.165) is 16.7 Å². The van der Waals surface area contributed by atoms with Crippen LogP contribution in [0.5, 0.6) is 5.75 Å². The van der Waals surface area contributed by atoms with Crippen LogP contribution in [0.3, 0.4) is 0 Å². The van der Waals surface area contributed by atoms with Crippen LogP contribution in [0.4, 0.5) is 0 Å². The van der Waals surface area contributed by atoms with E-state index in [2.05, 4.69) is 10.0 Å². The summed E-state index contributed by atoms with van der Waals surface area (Å²) in [6, 6.07) is 21.4. The summed E-state index contributed by atoms with van der Waals surface area (Å²) in [5.41, 5.74) is 3.40. The molecule has 172 valence electrons. The summed E-state index contributed by atoms with van der Waals surface area (Å²) in [6.45, 7) is 1.28. The molecule has 3 aromatic rings. The van der Waals surface area contributed by atoms with Crippen LogP contribution in [0, 0.1) is 0 Å². The maximum Gasteiger partial charge on any atom is 0.337 e. The normalized spacial score (nSPS) is 15.0. The maximum atomic E-state index is 12.4. The SMILES string of the molecule is COC(=O)c1ccc2c(c1)C(NCCCNS(=O)(=O)c1ccccc1)c1ccccc1CO2. The molecule has 1 aliphatic rings. The van der Waals surface area contributed by atoms with E-state index in [-0.39, 0.29) is 10.9 Å². The predicted octanol–water partition coefficient (Wildman–Crippen LogP) is 3.41. The van der Waals surface area contributed by atoms with Crippen molar-refractivity contribution in [3.05, 3.63) is 95.1 Å². The van der Waals surface area contributed by atoms with Gasteiger partial charge in [0.05, 0.1) is 23.6 Å². The van der Waals surface area contributed by atoms with Gasteiger partial charge in [0.2, 0.25) is 10.0 Å². The largest absolute Gasteiger partial charge is 0.489 e. The van der Waals surface area contributed by atoms with E-state index in [4.69, 9.17) is 9.47 Å². The summed E-state index contributed by atoms with van der Waals surface area (Å²) in [5, 5.41) is 3.52. The summed E-state index contributed by atoms with van der Waals surface area (Å²) in [4.78, 5) is 12.3. The fraction of sp³-hybridized carbons (Fsp3) is 0.240. The number of ether oxygens (including phenoxy) is 2. The minimum Gasteiger partial charge on any atom is -0.489 e. The van der Waals surface area contributed by atoms with Crippen LogP contribution in [0.15, 0.2) is 77.7 Å². The average Bonchev–Trinajstić information content (AvgIpc) is 3.00. The molecule has 0 radical (unpaired) electrons. The molecule has 1 heterocycles. The lowest BCUT2D eigenvalue weighted by atomic mass is 9.93. The van der Waals surface area contributed by atoms with Crippen molar-refractivity contribution in [1.82, 2.24) is 10.0 Å². The Kier molecular flexibility index (Phi) is 7.08. The number of methoxy groups -OCH3 is 1. The number of fused-ring (bicyclic) bond motifs is 2. The Labute approximate surface area is 193 Å². The minimum absolute atomic E-state index is 0.214. The van der Waals surface area contributed by atoms with Crippen molar-refractivity contribution in [3.63, 3.8) is 0 Å². The summed E-state index contributed by atoms with van der Waals surface area (Å²) in [6.07, 6.45) is 0.581. The molecular formula is C25H26N2O5S. The van der Waals surface area contributed by atoms with Gasteiger partial charge in [-0.05, 0) is 54.4 Å². The van der Waals surface area contributed by atoms with Gasteiger partial charge in [-0.25, -0.2) is 17.9 Å². The average molecular weight is 467 g/mol. The van der Waals surface area contributed by atoms with E-state index in [1.54, 1.807) is 48.5 Å². The molecule has 4 rings (SSSR count). The van der Waals surface area contributed by atoms with E-state index in [1.165, 1.54) is 7.11 Å². The van der Waals surface area contributed by atoms with Gasteiger partial charge in [0.15, 0.2) is 0 Å². The van der Waals surface area contributed by atoms with E-state index < -0.39 is 16.0 Å². The highest BCUT2D eigenvalue weighted by Crippen LogP contribution is 2.36. The number of nitrogens with one attached hydrogen (secondary N) is 2. The molecular weight excluding hydrogens is 440 g/mol. The van der Waals surface area contributed by atoms with Gasteiger partial charge >= 0.3 is 5.97 Å². The third-order valence-corrected chi connectivity index (χ3v) is 7.02. The van der Waals surface area contributed by atoms with Crippen LogP contribution >= 0.6 is 0 Å². The number of rotatable bonds is 8. The fourth-order valence-electron chi connectivity index (χ4n) is 3.86. The molecule has 7 nitrogen and oxygen atoms in total. The molecule has 8 heteroatoms. The van der Waals surface area contributed by atoms with Crippen molar-refractivity contribution < 1.29 is 22.7 Å². The molecule has 2 N–H and O–H groups in total. The van der Waals surface area contributed by atoms with Crippen LogP contribution in [-0.2, 0) is 21.4 Å². The quantitative estimate of drug-likeness (QED) is 0.390. The van der Waals surface area contributed by atoms with Crippen LogP contribution in [-0.4, -0.2) is 34.6 Å². The standard InChI is InChI=1S/C25H26N2O5S/c1-31-25(28)18-12-13-23-22(16-18)24(21-11-6-5-8-19(21)17-32-23)26-14-7-15-27-33(29,30)20-9-3-2-4-10-20/h2-6,8-13,16,24,26-27H,7,14-15,17H2,1H3. The Morgan fingerprint density at radius 3 is 2.55 bits per heavy atom. The molecule has 33 heavy (non-hydrogen) atoms. The molecule has 0 fully saturated rings. The smallest absolute Gasteiger partial charge is 0.337 e. The minimum atomic E-state index is -3.54. The van der Waals surface area contributed by atoms with Crippen molar-refractivity contribution in [1.29, 1.82) is 0 Å². The highest BCUT2D eigenvalue weighted by Gasteiger charge is 2.25. The van der Waals surface area contributed by atoms with E-state index in [1.807, 2.05) is 24.3 Å². The molecule has 1 atom stereocenters. The molecule has 1 aliphatic heterocycles. The number of carbonyl (C=O) groups excluding carboxylic acids is 1. The summed E-state index contributed by atoms with van der Waals surface area (Å²) < 4.78 is 38.3. The van der Waals surface area contributed by atoms with Crippen molar-refractivity contribution in [3.8, 4) is 5.75 Å². The zero-order valence-electron chi connectivity index (χ0n) is 18.3. The number of benzene rings is 3. The third kappa shape index (κ3) is 5.24. The molecule has 0 aromatic heterocycles. The molecule has 0 aliphatic carbocycles. The van der Waals surface area contributed by atoms with Gasteiger partial charge in [-0.3, -0.25) is 0 Å². The molecule has 0 saturated heterocycles. The molecule has 3 aromatic carbocycles. The Bertz CT molecular complexity index is 1230. The lowest BCUT2D eigenvalue weighted by Gasteiger charge is -2.21. The molecule has 0 saturated carbocycles. The number of esters is 1. The summed E-state index contributed by atoms with van der Waals surface area (Å²) in [7, 11) is -2.18. The predicted molar refractivity (Wildman–Crippen MR) is 125 cm³/mol. The Morgan fingerprint density at radius 1 is 1.00 bits per heavy atom. The highest BCUT2D eigenvalue weighted by molar-refractivity contribution is 7.89. The fourth-order valence-corrected chi connectivity index (χ4v) is 4.96. The van der Waals surface area contributed by atoms with Crippen molar-refractivity contribution >= 4 is 16.0 Å². The van der Waals surface area contributed by atoms with E-state index >= 15 is 0 Å². The number of hydrogen-bond acceptors (Lipinski definition) is 6. The zero-order valence-corrected chi connectivity index (χ0v) is 19.1. The van der Waals surface area contributed by atoms with Crippen LogP contribution in [0.2, 0.25) is 0 Å². The third-order valence-electron chi connectivity index (χ3n) is 5.54. The van der Waals surface area contributed by atoms with Gasteiger partial charge in [0.25, 0.3) is 0 Å². The highest BCUT2D eigenvalue weighted by atomic mass is 32.2. The Morgan fingerprint density at radius 2 is 1.76 bits per heavy atom. The van der Waals surface area contributed by atoms with Gasteiger partial charge in [0.1, 0.15) is 12.4 Å². The second kappa shape index (κ2) is 10.2. The second-order valence-electron chi connectivity index (χ2n) is 7.68. The molecule has 0 spiro atoms. The number of sulfonamides is 1. The molecule has 0 bridgehead atoms. The van der Waals surface area contributed by atoms with Gasteiger partial charge in [0, 0.05) is 12.1 Å². The summed E-state index contributed by atoms with van der Waals surface area (Å²) in [5.74, 6) is 0.283.